The maximum Gasteiger partial charge on any atom is 0.416 e. The first-order chi connectivity index (χ1) is 14.9. The minimum Gasteiger partial charge on any atom is -0.496 e. The monoisotopic (exact) mass is 510 g/mol. The number of ether oxygens (including phenoxy) is 5. The van der Waals surface area contributed by atoms with Gasteiger partial charge in [0.1, 0.15) is 23.0 Å². The normalized spacial score (nSPS) is 13.0. The molecule has 0 saturated heterocycles. The van der Waals surface area contributed by atoms with Crippen molar-refractivity contribution >= 4 is 42.4 Å². The summed E-state index contributed by atoms with van der Waals surface area (Å²) in [7, 11) is 1.63. The van der Waals surface area contributed by atoms with E-state index in [0.717, 1.165) is 12.1 Å². The van der Waals surface area contributed by atoms with Gasteiger partial charge in [-0.05, 0) is 17.3 Å². The molecular formula is C21H27ClF3O5PSi. The lowest BCUT2D eigenvalue weighted by molar-refractivity contribution is -0.137. The molecule has 2 aromatic rings. The molecule has 2 aromatic carbocycles. The lowest BCUT2D eigenvalue weighted by atomic mass is 10.2. The zero-order valence-electron chi connectivity index (χ0n) is 19.0. The Morgan fingerprint density at radius 1 is 0.906 bits per heavy atom. The van der Waals surface area contributed by atoms with Crippen LogP contribution in [0.5, 0.6) is 23.0 Å². The van der Waals surface area contributed by atoms with Crippen molar-refractivity contribution in [2.75, 3.05) is 35.2 Å². The standard InChI is InChI=1S/C21H27ClF3O5PSi/c1-26-12-30-19-17(8-13(21(23,24)25)9-18(19)32(5,6)7)31(22)20-15(28-3)10-14(27-2)11-16(20)29-4/h8-11H,12H2,1-7H3. The largest absolute Gasteiger partial charge is 0.496 e. The molecular weight excluding hydrogens is 484 g/mol. The van der Waals surface area contributed by atoms with Crippen LogP contribution in [-0.4, -0.2) is 43.3 Å². The maximum absolute atomic E-state index is 13.8. The van der Waals surface area contributed by atoms with Crippen LogP contribution in [0.4, 0.5) is 13.2 Å². The van der Waals surface area contributed by atoms with Crippen molar-refractivity contribution in [1.29, 1.82) is 0 Å². The van der Waals surface area contributed by atoms with Gasteiger partial charge in [0.25, 0.3) is 0 Å². The summed E-state index contributed by atoms with van der Waals surface area (Å²) >= 11 is 6.91. The number of hydrogen-bond acceptors (Lipinski definition) is 5. The fraction of sp³-hybridized carbons (Fsp3) is 0.429. The molecule has 0 N–H and O–H groups in total. The van der Waals surface area contributed by atoms with Crippen molar-refractivity contribution in [2.24, 2.45) is 0 Å². The van der Waals surface area contributed by atoms with E-state index in [1.807, 2.05) is 19.6 Å². The molecule has 1 unspecified atom stereocenters. The van der Waals surface area contributed by atoms with E-state index in [1.165, 1.54) is 28.4 Å². The molecule has 2 rings (SSSR count). The van der Waals surface area contributed by atoms with E-state index < -0.39 is 27.1 Å². The molecule has 11 heteroatoms. The summed E-state index contributed by atoms with van der Waals surface area (Å²) in [5.74, 6) is 1.45. The minimum atomic E-state index is -4.55. The van der Waals surface area contributed by atoms with Crippen molar-refractivity contribution in [3.05, 3.63) is 29.8 Å². The van der Waals surface area contributed by atoms with Gasteiger partial charge in [-0.15, -0.1) is 0 Å². The highest BCUT2D eigenvalue weighted by atomic mass is 35.7. The number of alkyl halides is 3. The van der Waals surface area contributed by atoms with E-state index in [1.54, 1.807) is 12.1 Å². The molecule has 0 spiro atoms. The van der Waals surface area contributed by atoms with Gasteiger partial charge < -0.3 is 23.7 Å². The molecule has 0 fully saturated rings. The molecule has 32 heavy (non-hydrogen) atoms. The molecule has 0 saturated carbocycles. The van der Waals surface area contributed by atoms with Crippen LogP contribution in [0.2, 0.25) is 19.6 Å². The summed E-state index contributed by atoms with van der Waals surface area (Å²) in [6, 6.07) is 5.41. The van der Waals surface area contributed by atoms with Crippen LogP contribution in [0, 0.1) is 0 Å². The Kier molecular flexibility index (Phi) is 8.73. The average molecular weight is 511 g/mol. The number of halogens is 4. The number of methoxy groups -OCH3 is 4. The molecule has 5 nitrogen and oxygen atoms in total. The second kappa shape index (κ2) is 10.5. The Morgan fingerprint density at radius 3 is 1.88 bits per heavy atom. The summed E-state index contributed by atoms with van der Waals surface area (Å²) in [4.78, 5) is 0. The van der Waals surface area contributed by atoms with E-state index in [9.17, 15) is 13.2 Å². The average Bonchev–Trinajstić information content (AvgIpc) is 2.74. The van der Waals surface area contributed by atoms with E-state index >= 15 is 0 Å². The third-order valence-electron chi connectivity index (χ3n) is 4.62. The van der Waals surface area contributed by atoms with Crippen molar-refractivity contribution in [3.63, 3.8) is 0 Å². The van der Waals surface area contributed by atoms with Gasteiger partial charge in [0.05, 0.1) is 47.5 Å². The Morgan fingerprint density at radius 2 is 1.47 bits per heavy atom. The molecule has 0 radical (unpaired) electrons. The molecule has 0 aliphatic rings. The van der Waals surface area contributed by atoms with Crippen LogP contribution in [0.15, 0.2) is 24.3 Å². The third-order valence-corrected chi connectivity index (χ3v) is 9.25. The van der Waals surface area contributed by atoms with Crippen LogP contribution >= 0.6 is 18.5 Å². The van der Waals surface area contributed by atoms with Crippen molar-refractivity contribution < 1.29 is 36.9 Å². The Labute approximate surface area is 193 Å². The van der Waals surface area contributed by atoms with Gasteiger partial charge in [0, 0.05) is 24.5 Å². The van der Waals surface area contributed by atoms with Gasteiger partial charge in [-0.3, -0.25) is 0 Å². The van der Waals surface area contributed by atoms with Crippen molar-refractivity contribution in [2.45, 2.75) is 25.8 Å². The first kappa shape index (κ1) is 26.6. The van der Waals surface area contributed by atoms with Crippen LogP contribution in [0.3, 0.4) is 0 Å². The highest BCUT2D eigenvalue weighted by Crippen LogP contribution is 2.49. The second-order valence-electron chi connectivity index (χ2n) is 7.83. The second-order valence-corrected chi connectivity index (χ2v) is 15.4. The van der Waals surface area contributed by atoms with E-state index in [4.69, 9.17) is 34.9 Å². The highest BCUT2D eigenvalue weighted by Gasteiger charge is 2.37. The topological polar surface area (TPSA) is 46.2 Å². The predicted molar refractivity (Wildman–Crippen MR) is 125 cm³/mol. The molecule has 0 aromatic heterocycles. The first-order valence-electron chi connectivity index (χ1n) is 9.52. The van der Waals surface area contributed by atoms with Gasteiger partial charge in [-0.2, -0.15) is 13.2 Å². The van der Waals surface area contributed by atoms with Crippen molar-refractivity contribution in [3.8, 4) is 23.0 Å². The summed E-state index contributed by atoms with van der Waals surface area (Å²) in [6.07, 6.45) is -4.55. The summed E-state index contributed by atoms with van der Waals surface area (Å²) < 4.78 is 68.6. The third kappa shape index (κ3) is 5.81. The Bertz CT molecular complexity index is 925. The lowest BCUT2D eigenvalue weighted by Crippen LogP contribution is -2.42. The van der Waals surface area contributed by atoms with Crippen molar-refractivity contribution in [1.82, 2.24) is 0 Å². The van der Waals surface area contributed by atoms with Gasteiger partial charge >= 0.3 is 6.18 Å². The number of benzene rings is 2. The summed E-state index contributed by atoms with van der Waals surface area (Å²) in [5, 5.41) is 1.14. The van der Waals surface area contributed by atoms with Crippen LogP contribution < -0.4 is 34.7 Å². The number of hydrogen-bond donors (Lipinski definition) is 0. The molecule has 0 aliphatic carbocycles. The van der Waals surface area contributed by atoms with Gasteiger partial charge in [0.15, 0.2) is 6.79 Å². The number of rotatable bonds is 9. The maximum atomic E-state index is 13.8. The van der Waals surface area contributed by atoms with Crippen LogP contribution in [0.1, 0.15) is 5.56 Å². The minimum absolute atomic E-state index is 0.132. The quantitative estimate of drug-likeness (QED) is 0.274. The smallest absolute Gasteiger partial charge is 0.416 e. The summed E-state index contributed by atoms with van der Waals surface area (Å²) in [5.41, 5.74) is -0.783. The Hall–Kier alpha value is -1.67. The molecule has 0 heterocycles. The summed E-state index contributed by atoms with van der Waals surface area (Å²) in [6.45, 7) is 5.69. The highest BCUT2D eigenvalue weighted by molar-refractivity contribution is 7.96. The molecule has 178 valence electrons. The van der Waals surface area contributed by atoms with Crippen LogP contribution in [0.25, 0.3) is 0 Å². The molecule has 0 bridgehead atoms. The van der Waals surface area contributed by atoms with Gasteiger partial charge in [0.2, 0.25) is 0 Å². The molecule has 1 atom stereocenters. The zero-order valence-corrected chi connectivity index (χ0v) is 21.7. The van der Waals surface area contributed by atoms with E-state index in [0.29, 0.717) is 33.5 Å². The zero-order chi connectivity index (χ0) is 24.3. The van der Waals surface area contributed by atoms with E-state index in [2.05, 4.69) is 0 Å². The van der Waals surface area contributed by atoms with E-state index in [-0.39, 0.29) is 12.1 Å². The van der Waals surface area contributed by atoms with Gasteiger partial charge in [-0.1, -0.05) is 30.9 Å². The predicted octanol–water partition coefficient (Wildman–Crippen LogP) is 4.85. The van der Waals surface area contributed by atoms with Crippen LogP contribution in [-0.2, 0) is 10.9 Å². The molecule has 0 aliphatic heterocycles. The fourth-order valence-corrected chi connectivity index (χ4v) is 7.06. The SMILES string of the molecule is COCOc1c(P(Cl)c2c(OC)cc(OC)cc2OC)cc(C(F)(F)F)cc1[Si](C)(C)C. The van der Waals surface area contributed by atoms with Gasteiger partial charge in [-0.25, -0.2) is 0 Å². The fourth-order valence-electron chi connectivity index (χ4n) is 3.05. The Balaban J connectivity index is 2.88. The molecule has 0 amide bonds. The lowest BCUT2D eigenvalue weighted by Gasteiger charge is -2.27. The first-order valence-corrected chi connectivity index (χ1v) is 15.3.